The minimum atomic E-state index is -0.570. The fourth-order valence-electron chi connectivity index (χ4n) is 6.16. The van der Waals surface area contributed by atoms with Crippen molar-refractivity contribution in [2.45, 2.75) is 110 Å². The van der Waals surface area contributed by atoms with E-state index in [-0.39, 0.29) is 18.2 Å². The molecule has 2 aromatic rings. The van der Waals surface area contributed by atoms with E-state index in [1.807, 2.05) is 33.2 Å². The Hall–Kier alpha value is -2.55. The van der Waals surface area contributed by atoms with Crippen LogP contribution in [0.5, 0.6) is 0 Å². The van der Waals surface area contributed by atoms with Gasteiger partial charge >= 0.3 is 5.97 Å². The van der Waals surface area contributed by atoms with Crippen molar-refractivity contribution < 1.29 is 19.0 Å². The molecule has 0 aromatic carbocycles. The highest BCUT2D eigenvalue weighted by Crippen LogP contribution is 2.35. The lowest BCUT2D eigenvalue weighted by Crippen LogP contribution is -2.39. The highest BCUT2D eigenvalue weighted by atomic mass is 16.6. The molecule has 0 amide bonds. The molecule has 0 spiro atoms. The average Bonchev–Trinajstić information content (AvgIpc) is 3.40. The average molecular weight is 565 g/mol. The first kappa shape index (κ1) is 29.9. The van der Waals surface area contributed by atoms with Gasteiger partial charge in [0.25, 0.3) is 0 Å². The minimum absolute atomic E-state index is 0.102. The molecule has 0 radical (unpaired) electrons. The summed E-state index contributed by atoms with van der Waals surface area (Å²) in [4.78, 5) is 25.3. The lowest BCUT2D eigenvalue weighted by Gasteiger charge is -2.34. The van der Waals surface area contributed by atoms with Gasteiger partial charge in [0, 0.05) is 49.9 Å². The van der Waals surface area contributed by atoms with Crippen LogP contribution in [0.1, 0.15) is 94.3 Å². The smallest absolute Gasteiger partial charge is 0.328 e. The number of unbranched alkanes of at least 4 members (excludes halogenated alkanes) is 1. The molecule has 5 heterocycles. The first-order valence-electron chi connectivity index (χ1n) is 15.6. The predicted molar refractivity (Wildman–Crippen MR) is 160 cm³/mol. The third kappa shape index (κ3) is 7.65. The van der Waals surface area contributed by atoms with Gasteiger partial charge < -0.3 is 19.5 Å². The Labute approximate surface area is 245 Å². The molecule has 41 heavy (non-hydrogen) atoms. The standard InChI is InChI=1S/C33H48N4O4/c1-22(2)29-17-27-24(21-40-29)18-34-19-28(27)30(32(38)41-33(3,4)5)37-15-13-26(20-37)39-16-7-6-10-25-12-11-23-9-8-14-35-31(23)36-25/h11-12,18-19,22,26,29-30H,6-10,13-17,20-21H2,1-5H3,(H,35,36)/t26-,29?,30?/m1/s1. The van der Waals surface area contributed by atoms with Crippen LogP contribution in [-0.4, -0.2) is 64.9 Å². The van der Waals surface area contributed by atoms with Crippen LogP contribution in [0, 0.1) is 5.92 Å². The van der Waals surface area contributed by atoms with E-state index in [4.69, 9.17) is 19.2 Å². The Balaban J connectivity index is 1.19. The van der Waals surface area contributed by atoms with E-state index >= 15 is 0 Å². The summed E-state index contributed by atoms with van der Waals surface area (Å²) in [6.07, 6.45) is 11.0. The Bertz CT molecular complexity index is 1190. The predicted octanol–water partition coefficient (Wildman–Crippen LogP) is 5.43. The topological polar surface area (TPSA) is 85.8 Å². The van der Waals surface area contributed by atoms with Crippen molar-refractivity contribution in [3.8, 4) is 0 Å². The molecule has 1 N–H and O–H groups in total. The molecule has 0 saturated carbocycles. The minimum Gasteiger partial charge on any atom is -0.459 e. The van der Waals surface area contributed by atoms with E-state index in [1.54, 1.807) is 0 Å². The number of carbonyl (C=O) groups excluding carboxylic acids is 1. The van der Waals surface area contributed by atoms with Crippen LogP contribution in [0.4, 0.5) is 5.82 Å². The van der Waals surface area contributed by atoms with E-state index in [0.29, 0.717) is 25.7 Å². The number of pyridine rings is 2. The first-order chi connectivity index (χ1) is 19.7. The third-order valence-electron chi connectivity index (χ3n) is 8.38. The maximum absolute atomic E-state index is 13.7. The van der Waals surface area contributed by atoms with Gasteiger partial charge in [-0.1, -0.05) is 19.9 Å². The molecule has 2 aromatic heterocycles. The van der Waals surface area contributed by atoms with E-state index in [9.17, 15) is 4.79 Å². The van der Waals surface area contributed by atoms with E-state index in [1.165, 1.54) is 17.5 Å². The summed E-state index contributed by atoms with van der Waals surface area (Å²) in [5, 5.41) is 3.43. The number of anilines is 1. The monoisotopic (exact) mass is 564 g/mol. The zero-order chi connectivity index (χ0) is 29.0. The molecule has 224 valence electrons. The van der Waals surface area contributed by atoms with Crippen LogP contribution in [0.3, 0.4) is 0 Å². The maximum Gasteiger partial charge on any atom is 0.328 e. The quantitative estimate of drug-likeness (QED) is 0.302. The lowest BCUT2D eigenvalue weighted by atomic mass is 9.88. The van der Waals surface area contributed by atoms with Gasteiger partial charge in [-0.2, -0.15) is 0 Å². The summed E-state index contributed by atoms with van der Waals surface area (Å²) >= 11 is 0. The summed E-state index contributed by atoms with van der Waals surface area (Å²) in [7, 11) is 0. The highest BCUT2D eigenvalue weighted by Gasteiger charge is 2.39. The molecule has 3 atom stereocenters. The van der Waals surface area contributed by atoms with Gasteiger partial charge in [0.05, 0.1) is 18.8 Å². The Morgan fingerprint density at radius 3 is 2.85 bits per heavy atom. The van der Waals surface area contributed by atoms with Crippen LogP contribution in [-0.2, 0) is 44.9 Å². The summed E-state index contributed by atoms with van der Waals surface area (Å²) in [6, 6.07) is 3.90. The van der Waals surface area contributed by atoms with E-state index in [0.717, 1.165) is 74.3 Å². The van der Waals surface area contributed by atoms with Crippen molar-refractivity contribution in [3.63, 3.8) is 0 Å². The molecular weight excluding hydrogens is 516 g/mol. The van der Waals surface area contributed by atoms with Crippen LogP contribution in [0.2, 0.25) is 0 Å². The second-order valence-corrected chi connectivity index (χ2v) is 13.2. The zero-order valence-electron chi connectivity index (χ0n) is 25.6. The molecule has 3 aliphatic rings. The van der Waals surface area contributed by atoms with E-state index in [2.05, 4.69) is 41.2 Å². The van der Waals surface area contributed by atoms with Gasteiger partial charge in [-0.25, -0.2) is 9.78 Å². The number of aryl methyl sites for hydroxylation is 2. The zero-order valence-corrected chi connectivity index (χ0v) is 25.6. The third-order valence-corrected chi connectivity index (χ3v) is 8.38. The first-order valence-corrected chi connectivity index (χ1v) is 15.6. The Morgan fingerprint density at radius 2 is 2.05 bits per heavy atom. The highest BCUT2D eigenvalue weighted by molar-refractivity contribution is 5.79. The number of nitrogens with zero attached hydrogens (tertiary/aromatic N) is 3. The molecule has 2 unspecified atom stereocenters. The number of esters is 1. The normalized spacial score (nSPS) is 21.7. The number of hydrogen-bond donors (Lipinski definition) is 1. The number of hydrogen-bond acceptors (Lipinski definition) is 8. The SMILES string of the molecule is CC(C)C1Cc2c(cncc2C(C(=O)OC(C)(C)C)N2CC[C@@H](OCCCCc3ccc4c(n3)NCCC4)C2)CO1. The number of nitrogens with one attached hydrogen (secondary N) is 1. The number of aromatic nitrogens is 2. The summed E-state index contributed by atoms with van der Waals surface area (Å²) in [5.74, 6) is 1.25. The molecule has 0 bridgehead atoms. The van der Waals surface area contributed by atoms with Gasteiger partial charge in [-0.3, -0.25) is 9.88 Å². The summed E-state index contributed by atoms with van der Waals surface area (Å²) in [5.41, 5.74) is 5.13. The van der Waals surface area contributed by atoms with Crippen LogP contribution >= 0.6 is 0 Å². The van der Waals surface area contributed by atoms with Crippen molar-refractivity contribution in [2.24, 2.45) is 5.92 Å². The number of rotatable bonds is 10. The molecular formula is C33H48N4O4. The number of carbonyl (C=O) groups is 1. The summed E-state index contributed by atoms with van der Waals surface area (Å²) in [6.45, 7) is 13.9. The van der Waals surface area contributed by atoms with Crippen molar-refractivity contribution in [1.82, 2.24) is 14.9 Å². The van der Waals surface area contributed by atoms with Gasteiger partial charge in [0.15, 0.2) is 0 Å². The molecule has 8 nitrogen and oxygen atoms in total. The molecule has 1 saturated heterocycles. The van der Waals surface area contributed by atoms with Crippen molar-refractivity contribution in [2.75, 3.05) is 31.6 Å². The lowest BCUT2D eigenvalue weighted by molar-refractivity contribution is -0.161. The van der Waals surface area contributed by atoms with Crippen LogP contribution in [0.15, 0.2) is 24.5 Å². The Morgan fingerprint density at radius 1 is 1.20 bits per heavy atom. The molecule has 1 fully saturated rings. The molecule has 0 aliphatic carbocycles. The second-order valence-electron chi connectivity index (χ2n) is 13.2. The maximum atomic E-state index is 13.7. The van der Waals surface area contributed by atoms with Crippen molar-refractivity contribution >= 4 is 11.8 Å². The van der Waals surface area contributed by atoms with Crippen LogP contribution < -0.4 is 5.32 Å². The Kier molecular flexibility index (Phi) is 9.62. The van der Waals surface area contributed by atoms with Gasteiger partial charge in [0.2, 0.25) is 0 Å². The number of fused-ring (bicyclic) bond motifs is 2. The molecule has 8 heteroatoms. The van der Waals surface area contributed by atoms with Crippen molar-refractivity contribution in [3.05, 3.63) is 52.5 Å². The largest absolute Gasteiger partial charge is 0.459 e. The fourth-order valence-corrected chi connectivity index (χ4v) is 6.16. The fraction of sp³-hybridized carbons (Fsp3) is 0.667. The number of ether oxygens (including phenoxy) is 3. The van der Waals surface area contributed by atoms with Crippen LogP contribution in [0.25, 0.3) is 0 Å². The van der Waals surface area contributed by atoms with Gasteiger partial charge in [-0.05, 0) is 94.4 Å². The van der Waals surface area contributed by atoms with Crippen molar-refractivity contribution in [1.29, 1.82) is 0 Å². The van der Waals surface area contributed by atoms with Gasteiger partial charge in [-0.15, -0.1) is 0 Å². The molecule has 5 rings (SSSR count). The summed E-state index contributed by atoms with van der Waals surface area (Å²) < 4.78 is 18.4. The molecule has 3 aliphatic heterocycles. The van der Waals surface area contributed by atoms with E-state index < -0.39 is 11.6 Å². The number of likely N-dealkylation sites (tertiary alicyclic amines) is 1. The second kappa shape index (κ2) is 13.2. The van der Waals surface area contributed by atoms with Gasteiger partial charge in [0.1, 0.15) is 17.5 Å².